The van der Waals surface area contributed by atoms with E-state index in [4.69, 9.17) is 0 Å². The summed E-state index contributed by atoms with van der Waals surface area (Å²) < 4.78 is 38.7. The van der Waals surface area contributed by atoms with Gasteiger partial charge in [0.2, 0.25) is 15.9 Å². The van der Waals surface area contributed by atoms with Crippen molar-refractivity contribution in [2.75, 3.05) is 17.1 Å². The smallest absolute Gasteiger partial charge is 0.241 e. The molecule has 0 fully saturated rings. The topological polar surface area (TPSA) is 66.5 Å². The molecule has 0 spiro atoms. The quantitative estimate of drug-likeness (QED) is 0.857. The van der Waals surface area contributed by atoms with Crippen molar-refractivity contribution in [2.24, 2.45) is 0 Å². The van der Waals surface area contributed by atoms with Crippen molar-refractivity contribution < 1.29 is 17.6 Å². The van der Waals surface area contributed by atoms with Crippen LogP contribution in [0.2, 0.25) is 0 Å². The van der Waals surface area contributed by atoms with Gasteiger partial charge in [0.25, 0.3) is 0 Å². The van der Waals surface area contributed by atoms with E-state index in [0.29, 0.717) is 0 Å². The van der Waals surface area contributed by atoms with Crippen LogP contribution in [0.15, 0.2) is 48.5 Å². The van der Waals surface area contributed by atoms with Gasteiger partial charge in [0.05, 0.1) is 18.0 Å². The van der Waals surface area contributed by atoms with Crippen LogP contribution in [0, 0.1) is 12.7 Å². The number of nitrogens with zero attached hydrogens (tertiary/aromatic N) is 1. The summed E-state index contributed by atoms with van der Waals surface area (Å²) in [5.74, 6) is -1.21. The molecule has 134 valence electrons. The minimum absolute atomic E-state index is 0.150. The number of carbonyl (C=O) groups is 1. The van der Waals surface area contributed by atoms with E-state index in [9.17, 15) is 17.6 Å². The Hall–Kier alpha value is -2.41. The number of rotatable bonds is 6. The Morgan fingerprint density at radius 3 is 2.32 bits per heavy atom. The number of halogens is 1. The maximum atomic E-state index is 13.9. The molecule has 0 aliphatic heterocycles. The molecule has 0 unspecified atom stereocenters. The standard InChI is InChI=1S/C18H21FN2O3S/c1-13-8-10-15(11-9-13)14(2)20-18(22)12-21(25(3,23)24)17-7-5-4-6-16(17)19/h4-11,14H,12H2,1-3H3,(H,20,22)/t14-/m1/s1. The SMILES string of the molecule is Cc1ccc([C@@H](C)NC(=O)CN(c2ccccc2F)S(C)(=O)=O)cc1. The Morgan fingerprint density at radius 2 is 1.76 bits per heavy atom. The van der Waals surface area contributed by atoms with Crippen LogP contribution in [0.25, 0.3) is 0 Å². The molecule has 0 radical (unpaired) electrons. The second-order valence-electron chi connectivity index (χ2n) is 5.92. The molecule has 2 aromatic carbocycles. The molecule has 1 amide bonds. The molecule has 0 heterocycles. The third kappa shape index (κ3) is 5.03. The summed E-state index contributed by atoms with van der Waals surface area (Å²) in [5, 5.41) is 2.74. The number of hydrogen-bond acceptors (Lipinski definition) is 3. The highest BCUT2D eigenvalue weighted by Gasteiger charge is 2.24. The van der Waals surface area contributed by atoms with Crippen LogP contribution in [0.4, 0.5) is 10.1 Å². The molecular formula is C18H21FN2O3S. The average Bonchev–Trinajstić information content (AvgIpc) is 2.53. The van der Waals surface area contributed by atoms with Gasteiger partial charge in [-0.25, -0.2) is 12.8 Å². The van der Waals surface area contributed by atoms with Gasteiger partial charge in [-0.05, 0) is 31.5 Å². The first-order valence-corrected chi connectivity index (χ1v) is 9.61. The Bertz CT molecular complexity index is 851. The maximum Gasteiger partial charge on any atom is 0.241 e. The van der Waals surface area contributed by atoms with Gasteiger partial charge in [-0.2, -0.15) is 0 Å². The van der Waals surface area contributed by atoms with E-state index < -0.39 is 28.3 Å². The zero-order valence-electron chi connectivity index (χ0n) is 14.4. The number of amides is 1. The molecule has 25 heavy (non-hydrogen) atoms. The molecule has 2 aromatic rings. The van der Waals surface area contributed by atoms with Crippen molar-refractivity contribution in [3.63, 3.8) is 0 Å². The van der Waals surface area contributed by atoms with E-state index in [-0.39, 0.29) is 11.7 Å². The Balaban J connectivity index is 2.15. The second kappa shape index (κ2) is 7.65. The van der Waals surface area contributed by atoms with Crippen LogP contribution in [-0.4, -0.2) is 27.1 Å². The van der Waals surface area contributed by atoms with E-state index in [1.807, 2.05) is 31.2 Å². The highest BCUT2D eigenvalue weighted by Crippen LogP contribution is 2.21. The van der Waals surface area contributed by atoms with E-state index in [2.05, 4.69) is 5.32 Å². The number of carbonyl (C=O) groups excluding carboxylic acids is 1. The van der Waals surface area contributed by atoms with E-state index >= 15 is 0 Å². The minimum Gasteiger partial charge on any atom is -0.348 e. The minimum atomic E-state index is -3.81. The lowest BCUT2D eigenvalue weighted by atomic mass is 10.1. The average molecular weight is 364 g/mol. The lowest BCUT2D eigenvalue weighted by Crippen LogP contribution is -2.41. The lowest BCUT2D eigenvalue weighted by molar-refractivity contribution is -0.120. The normalized spacial score (nSPS) is 12.5. The van der Waals surface area contributed by atoms with Gasteiger partial charge < -0.3 is 5.32 Å². The van der Waals surface area contributed by atoms with Crippen molar-refractivity contribution in [1.82, 2.24) is 5.32 Å². The van der Waals surface area contributed by atoms with Gasteiger partial charge >= 0.3 is 0 Å². The molecule has 5 nitrogen and oxygen atoms in total. The molecule has 0 bridgehead atoms. The van der Waals surface area contributed by atoms with Gasteiger partial charge in [0.1, 0.15) is 12.4 Å². The number of para-hydroxylation sites is 1. The summed E-state index contributed by atoms with van der Waals surface area (Å²) in [6, 6.07) is 12.8. The van der Waals surface area contributed by atoms with Crippen molar-refractivity contribution in [2.45, 2.75) is 19.9 Å². The highest BCUT2D eigenvalue weighted by molar-refractivity contribution is 7.92. The third-order valence-corrected chi connectivity index (χ3v) is 4.89. The van der Waals surface area contributed by atoms with Gasteiger partial charge in [-0.15, -0.1) is 0 Å². The van der Waals surface area contributed by atoms with Gasteiger partial charge in [0, 0.05) is 0 Å². The number of anilines is 1. The van der Waals surface area contributed by atoms with E-state index in [0.717, 1.165) is 27.8 Å². The van der Waals surface area contributed by atoms with Crippen molar-refractivity contribution >= 4 is 21.6 Å². The molecule has 0 aromatic heterocycles. The first-order valence-electron chi connectivity index (χ1n) is 7.76. The van der Waals surface area contributed by atoms with E-state index in [1.165, 1.54) is 18.2 Å². The third-order valence-electron chi connectivity index (χ3n) is 3.76. The fourth-order valence-electron chi connectivity index (χ4n) is 2.39. The predicted molar refractivity (Wildman–Crippen MR) is 96.3 cm³/mol. The number of nitrogens with one attached hydrogen (secondary N) is 1. The van der Waals surface area contributed by atoms with Gasteiger partial charge in [-0.1, -0.05) is 42.0 Å². The molecule has 0 aliphatic carbocycles. The summed E-state index contributed by atoms with van der Waals surface area (Å²) >= 11 is 0. The molecule has 2 rings (SSSR count). The molecule has 1 N–H and O–H groups in total. The van der Waals surface area contributed by atoms with Crippen LogP contribution in [-0.2, 0) is 14.8 Å². The molecule has 0 saturated heterocycles. The lowest BCUT2D eigenvalue weighted by Gasteiger charge is -2.23. The van der Waals surface area contributed by atoms with E-state index in [1.54, 1.807) is 6.92 Å². The predicted octanol–water partition coefficient (Wildman–Crippen LogP) is 2.78. The fraction of sp³-hybridized carbons (Fsp3) is 0.278. The zero-order chi connectivity index (χ0) is 18.6. The summed E-state index contributed by atoms with van der Waals surface area (Å²) in [4.78, 5) is 12.3. The molecule has 0 saturated carbocycles. The monoisotopic (exact) mass is 364 g/mol. The van der Waals surface area contributed by atoms with Crippen molar-refractivity contribution in [3.8, 4) is 0 Å². The van der Waals surface area contributed by atoms with Gasteiger partial charge in [-0.3, -0.25) is 9.10 Å². The van der Waals surface area contributed by atoms with Crippen LogP contribution in [0.1, 0.15) is 24.1 Å². The summed E-state index contributed by atoms with van der Waals surface area (Å²) in [5.41, 5.74) is 1.85. The summed E-state index contributed by atoms with van der Waals surface area (Å²) in [6.45, 7) is 3.28. The van der Waals surface area contributed by atoms with Crippen LogP contribution >= 0.6 is 0 Å². The largest absolute Gasteiger partial charge is 0.348 e. The van der Waals surface area contributed by atoms with Crippen molar-refractivity contribution in [3.05, 3.63) is 65.5 Å². The molecule has 1 atom stereocenters. The first-order chi connectivity index (χ1) is 11.7. The van der Waals surface area contributed by atoms with Crippen LogP contribution in [0.5, 0.6) is 0 Å². The van der Waals surface area contributed by atoms with Crippen LogP contribution in [0.3, 0.4) is 0 Å². The fourth-order valence-corrected chi connectivity index (χ4v) is 3.25. The number of hydrogen-bond donors (Lipinski definition) is 1. The summed E-state index contributed by atoms with van der Waals surface area (Å²) in [6.07, 6.45) is 0.941. The van der Waals surface area contributed by atoms with Gasteiger partial charge in [0.15, 0.2) is 0 Å². The Labute approximate surface area is 147 Å². The number of benzene rings is 2. The molecule has 7 heteroatoms. The number of aryl methyl sites for hydroxylation is 1. The highest BCUT2D eigenvalue weighted by atomic mass is 32.2. The number of sulfonamides is 1. The van der Waals surface area contributed by atoms with Crippen LogP contribution < -0.4 is 9.62 Å². The van der Waals surface area contributed by atoms with Crippen molar-refractivity contribution in [1.29, 1.82) is 0 Å². The Morgan fingerprint density at radius 1 is 1.16 bits per heavy atom. The molecular weight excluding hydrogens is 343 g/mol. The molecule has 0 aliphatic rings. The first kappa shape index (κ1) is 18.9. The second-order valence-corrected chi connectivity index (χ2v) is 7.83. The summed E-state index contributed by atoms with van der Waals surface area (Å²) in [7, 11) is -3.81. The zero-order valence-corrected chi connectivity index (χ0v) is 15.2. The maximum absolute atomic E-state index is 13.9. The Kier molecular flexibility index (Phi) is 5.79.